The number of hydrogen-bond acceptors (Lipinski definition) is 2. The zero-order chi connectivity index (χ0) is 18.5. The first kappa shape index (κ1) is 18.5. The molecule has 0 aromatic heterocycles. The summed E-state index contributed by atoms with van der Waals surface area (Å²) in [5, 5.41) is 5.13. The van der Waals surface area contributed by atoms with E-state index in [0.717, 1.165) is 66.7 Å². The van der Waals surface area contributed by atoms with E-state index in [-0.39, 0.29) is 0 Å². The molecule has 1 N–H and O–H groups in total. The summed E-state index contributed by atoms with van der Waals surface area (Å²) in [7, 11) is 0. The SMILES string of the molecule is S=C(Nc1cccc(Cl)c1Cl)N1CCN(C2C3CC4CC(C3)CC2C4)CC1. The van der Waals surface area contributed by atoms with E-state index in [0.29, 0.717) is 10.0 Å². The molecular formula is C21H27Cl2N3S. The Kier molecular flexibility index (Phi) is 5.04. The Balaban J connectivity index is 1.19. The Morgan fingerprint density at radius 1 is 0.926 bits per heavy atom. The summed E-state index contributed by atoms with van der Waals surface area (Å²) in [6, 6.07) is 6.44. The van der Waals surface area contributed by atoms with Gasteiger partial charge in [-0.15, -0.1) is 0 Å². The Morgan fingerprint density at radius 2 is 1.56 bits per heavy atom. The zero-order valence-electron chi connectivity index (χ0n) is 15.5. The van der Waals surface area contributed by atoms with E-state index in [4.69, 9.17) is 35.4 Å². The second-order valence-electron chi connectivity index (χ2n) is 8.98. The maximum Gasteiger partial charge on any atom is 0.173 e. The number of nitrogens with zero attached hydrogens (tertiary/aromatic N) is 2. The second kappa shape index (κ2) is 7.37. The number of rotatable bonds is 2. The van der Waals surface area contributed by atoms with Crippen LogP contribution in [0.2, 0.25) is 10.0 Å². The summed E-state index contributed by atoms with van der Waals surface area (Å²) in [5.41, 5.74) is 0.789. The molecule has 1 heterocycles. The highest BCUT2D eigenvalue weighted by Gasteiger charge is 2.50. The van der Waals surface area contributed by atoms with Crippen LogP contribution in [-0.2, 0) is 0 Å². The van der Waals surface area contributed by atoms with Crippen molar-refractivity contribution in [1.82, 2.24) is 9.80 Å². The molecule has 0 radical (unpaired) electrons. The Bertz CT molecular complexity index is 704. The van der Waals surface area contributed by atoms with Gasteiger partial charge in [0.15, 0.2) is 5.11 Å². The average molecular weight is 424 g/mol. The van der Waals surface area contributed by atoms with Crippen LogP contribution in [0.5, 0.6) is 0 Å². The van der Waals surface area contributed by atoms with E-state index in [1.165, 1.54) is 32.1 Å². The van der Waals surface area contributed by atoms with Crippen molar-refractivity contribution in [2.45, 2.75) is 38.1 Å². The topological polar surface area (TPSA) is 18.5 Å². The first-order valence-corrected chi connectivity index (χ1v) is 11.5. The van der Waals surface area contributed by atoms with Crippen molar-refractivity contribution in [2.75, 3.05) is 31.5 Å². The van der Waals surface area contributed by atoms with E-state index in [1.54, 1.807) is 6.07 Å². The third-order valence-electron chi connectivity index (χ3n) is 7.39. The summed E-state index contributed by atoms with van der Waals surface area (Å²) in [5.74, 6) is 4.01. The molecule has 3 nitrogen and oxygen atoms in total. The molecule has 0 unspecified atom stereocenters. The van der Waals surface area contributed by atoms with Crippen molar-refractivity contribution >= 4 is 46.2 Å². The van der Waals surface area contributed by atoms with Gasteiger partial charge in [0, 0.05) is 32.2 Å². The summed E-state index contributed by atoms with van der Waals surface area (Å²) in [6.07, 6.45) is 7.49. The summed E-state index contributed by atoms with van der Waals surface area (Å²) in [4.78, 5) is 5.07. The molecule has 5 fully saturated rings. The highest BCUT2D eigenvalue weighted by Crippen LogP contribution is 2.55. The largest absolute Gasteiger partial charge is 0.346 e. The monoisotopic (exact) mass is 423 g/mol. The molecule has 6 rings (SSSR count). The van der Waals surface area contributed by atoms with Gasteiger partial charge in [-0.05, 0) is 80.1 Å². The molecule has 0 amide bonds. The smallest absolute Gasteiger partial charge is 0.173 e. The normalized spacial score (nSPS) is 35.5. The van der Waals surface area contributed by atoms with E-state index < -0.39 is 0 Å². The summed E-state index contributed by atoms with van der Waals surface area (Å²) < 4.78 is 0. The quantitative estimate of drug-likeness (QED) is 0.663. The fraction of sp³-hybridized carbons (Fsp3) is 0.667. The van der Waals surface area contributed by atoms with Gasteiger partial charge in [-0.2, -0.15) is 0 Å². The minimum Gasteiger partial charge on any atom is -0.346 e. The van der Waals surface area contributed by atoms with Gasteiger partial charge in [-0.3, -0.25) is 4.90 Å². The van der Waals surface area contributed by atoms with Gasteiger partial charge in [0.1, 0.15) is 0 Å². The van der Waals surface area contributed by atoms with Gasteiger partial charge in [0.25, 0.3) is 0 Å². The van der Waals surface area contributed by atoms with Crippen LogP contribution in [0, 0.1) is 23.7 Å². The molecule has 4 saturated carbocycles. The van der Waals surface area contributed by atoms with E-state index in [1.807, 2.05) is 12.1 Å². The molecule has 4 bridgehead atoms. The maximum atomic E-state index is 6.29. The molecule has 1 aliphatic heterocycles. The van der Waals surface area contributed by atoms with Gasteiger partial charge in [0.05, 0.1) is 15.7 Å². The van der Waals surface area contributed by atoms with Crippen molar-refractivity contribution < 1.29 is 0 Å². The Hall–Kier alpha value is -0.550. The predicted octanol–water partition coefficient (Wildman–Crippen LogP) is 5.13. The maximum absolute atomic E-state index is 6.29. The van der Waals surface area contributed by atoms with Crippen molar-refractivity contribution in [3.63, 3.8) is 0 Å². The number of hydrogen-bond donors (Lipinski definition) is 1. The van der Waals surface area contributed by atoms with Crippen LogP contribution in [0.25, 0.3) is 0 Å². The molecule has 27 heavy (non-hydrogen) atoms. The lowest BCUT2D eigenvalue weighted by Crippen LogP contribution is -2.60. The molecule has 146 valence electrons. The lowest BCUT2D eigenvalue weighted by molar-refractivity contribution is -0.0726. The van der Waals surface area contributed by atoms with Crippen molar-refractivity contribution in [1.29, 1.82) is 0 Å². The molecule has 1 saturated heterocycles. The van der Waals surface area contributed by atoms with E-state index >= 15 is 0 Å². The highest BCUT2D eigenvalue weighted by atomic mass is 35.5. The number of halogens is 2. The van der Waals surface area contributed by atoms with Gasteiger partial charge < -0.3 is 10.2 Å². The van der Waals surface area contributed by atoms with Gasteiger partial charge in [0.2, 0.25) is 0 Å². The molecule has 1 aromatic carbocycles. The Morgan fingerprint density at radius 3 is 2.19 bits per heavy atom. The zero-order valence-corrected chi connectivity index (χ0v) is 17.9. The molecule has 0 spiro atoms. The molecule has 0 atom stereocenters. The van der Waals surface area contributed by atoms with Crippen LogP contribution in [0.1, 0.15) is 32.1 Å². The van der Waals surface area contributed by atoms with Crippen LogP contribution in [0.15, 0.2) is 18.2 Å². The van der Waals surface area contributed by atoms with Crippen molar-refractivity contribution in [3.05, 3.63) is 28.2 Å². The molecule has 4 aliphatic carbocycles. The fourth-order valence-corrected chi connectivity index (χ4v) is 7.15. The predicted molar refractivity (Wildman–Crippen MR) is 117 cm³/mol. The number of thiocarbonyl (C=S) groups is 1. The number of nitrogens with one attached hydrogen (secondary N) is 1. The standard InChI is InChI=1S/C21H27Cl2N3S/c22-17-2-1-3-18(19(17)23)24-21(27)26-6-4-25(5-7-26)20-15-9-13-8-14(11-15)12-16(20)10-13/h1-3,13-16,20H,4-12H2,(H,24,27). The third-order valence-corrected chi connectivity index (χ3v) is 8.57. The highest BCUT2D eigenvalue weighted by molar-refractivity contribution is 7.80. The average Bonchev–Trinajstić information content (AvgIpc) is 2.65. The van der Waals surface area contributed by atoms with Crippen LogP contribution in [0.3, 0.4) is 0 Å². The fourth-order valence-electron chi connectivity index (χ4n) is 6.51. The summed E-state index contributed by atoms with van der Waals surface area (Å²) in [6.45, 7) is 4.23. The minimum atomic E-state index is 0.536. The lowest BCUT2D eigenvalue weighted by atomic mass is 9.54. The first-order chi connectivity index (χ1) is 13.1. The Labute approximate surface area is 177 Å². The minimum absolute atomic E-state index is 0.536. The van der Waals surface area contributed by atoms with Gasteiger partial charge in [-0.1, -0.05) is 29.3 Å². The van der Waals surface area contributed by atoms with Gasteiger partial charge in [-0.25, -0.2) is 0 Å². The molecular weight excluding hydrogens is 397 g/mol. The lowest BCUT2D eigenvalue weighted by Gasteiger charge is -2.58. The van der Waals surface area contributed by atoms with Crippen LogP contribution in [-0.4, -0.2) is 47.1 Å². The first-order valence-electron chi connectivity index (χ1n) is 10.3. The third kappa shape index (κ3) is 3.48. The van der Waals surface area contributed by atoms with Gasteiger partial charge >= 0.3 is 0 Å². The molecule has 6 heteroatoms. The number of benzene rings is 1. The number of anilines is 1. The molecule has 5 aliphatic rings. The van der Waals surface area contributed by atoms with E-state index in [2.05, 4.69) is 15.1 Å². The van der Waals surface area contributed by atoms with Crippen molar-refractivity contribution in [3.8, 4) is 0 Å². The molecule has 1 aromatic rings. The van der Waals surface area contributed by atoms with Crippen LogP contribution >= 0.6 is 35.4 Å². The number of piperazine rings is 1. The van der Waals surface area contributed by atoms with Crippen molar-refractivity contribution in [2.24, 2.45) is 23.7 Å². The second-order valence-corrected chi connectivity index (χ2v) is 10.1. The van der Waals surface area contributed by atoms with E-state index in [9.17, 15) is 0 Å². The summed E-state index contributed by atoms with van der Waals surface area (Å²) >= 11 is 18.1. The van der Waals surface area contributed by atoms with Crippen LogP contribution in [0.4, 0.5) is 5.69 Å². The van der Waals surface area contributed by atoms with Crippen LogP contribution < -0.4 is 5.32 Å².